The number of rotatable bonds is 4. The number of nitrogens with zero attached hydrogens (tertiary/aromatic N) is 1. The lowest BCUT2D eigenvalue weighted by Crippen LogP contribution is -2.15. The highest BCUT2D eigenvalue weighted by molar-refractivity contribution is 7.09. The minimum Gasteiger partial charge on any atom is -0.381 e. The first kappa shape index (κ1) is 11.0. The van der Waals surface area contributed by atoms with Crippen LogP contribution in [0.25, 0.3) is 0 Å². The van der Waals surface area contributed by atoms with Crippen molar-refractivity contribution in [3.05, 3.63) is 16.1 Å². The molecule has 1 aromatic rings. The summed E-state index contributed by atoms with van der Waals surface area (Å²) in [7, 11) is 1.97. The van der Waals surface area contributed by atoms with Gasteiger partial charge in [0.25, 0.3) is 0 Å². The summed E-state index contributed by atoms with van der Waals surface area (Å²) >= 11 is 1.79. The van der Waals surface area contributed by atoms with Crippen molar-refractivity contribution in [2.75, 3.05) is 26.8 Å². The molecular formula is C11H18N2OS. The van der Waals surface area contributed by atoms with Crippen LogP contribution in [0.4, 0.5) is 0 Å². The second-order valence-electron chi connectivity index (χ2n) is 3.94. The van der Waals surface area contributed by atoms with Crippen LogP contribution in [0.15, 0.2) is 5.38 Å². The van der Waals surface area contributed by atoms with Gasteiger partial charge in [-0.2, -0.15) is 0 Å². The van der Waals surface area contributed by atoms with E-state index in [9.17, 15) is 0 Å². The van der Waals surface area contributed by atoms with E-state index in [-0.39, 0.29) is 0 Å². The Morgan fingerprint density at radius 3 is 3.33 bits per heavy atom. The first-order valence-corrected chi connectivity index (χ1v) is 6.44. The van der Waals surface area contributed by atoms with Crippen molar-refractivity contribution in [2.45, 2.75) is 25.2 Å². The molecule has 1 aliphatic rings. The predicted octanol–water partition coefficient (Wildman–Crippen LogP) is 1.80. The number of hydrogen-bond acceptors (Lipinski definition) is 4. The van der Waals surface area contributed by atoms with E-state index in [1.54, 1.807) is 11.3 Å². The van der Waals surface area contributed by atoms with Crippen LogP contribution in [0.2, 0.25) is 0 Å². The molecule has 2 rings (SSSR count). The van der Waals surface area contributed by atoms with Gasteiger partial charge in [0, 0.05) is 30.9 Å². The van der Waals surface area contributed by atoms with Gasteiger partial charge in [0.2, 0.25) is 0 Å². The Labute approximate surface area is 94.9 Å². The van der Waals surface area contributed by atoms with Crippen LogP contribution in [0, 0.1) is 0 Å². The molecule has 0 aliphatic carbocycles. The van der Waals surface area contributed by atoms with Crippen molar-refractivity contribution < 1.29 is 4.74 Å². The zero-order chi connectivity index (χ0) is 10.5. The fourth-order valence-corrected chi connectivity index (χ4v) is 2.79. The Morgan fingerprint density at radius 2 is 2.60 bits per heavy atom. The van der Waals surface area contributed by atoms with Crippen LogP contribution in [0.1, 0.15) is 29.5 Å². The highest BCUT2D eigenvalue weighted by Crippen LogP contribution is 2.27. The third-order valence-electron chi connectivity index (χ3n) is 2.71. The smallest absolute Gasteiger partial charge is 0.0982 e. The zero-order valence-corrected chi connectivity index (χ0v) is 9.98. The van der Waals surface area contributed by atoms with Crippen molar-refractivity contribution in [3.8, 4) is 0 Å². The average molecular weight is 226 g/mol. The molecule has 0 bridgehead atoms. The van der Waals surface area contributed by atoms with Crippen molar-refractivity contribution in [1.82, 2.24) is 10.3 Å². The number of thiazole rings is 1. The molecule has 15 heavy (non-hydrogen) atoms. The number of hydrogen-bond donors (Lipinski definition) is 1. The highest BCUT2D eigenvalue weighted by atomic mass is 32.1. The lowest BCUT2D eigenvalue weighted by molar-refractivity contribution is 0.0803. The summed E-state index contributed by atoms with van der Waals surface area (Å²) < 4.78 is 5.48. The lowest BCUT2D eigenvalue weighted by Gasteiger charge is -2.19. The van der Waals surface area contributed by atoms with Gasteiger partial charge in [-0.15, -0.1) is 11.3 Å². The van der Waals surface area contributed by atoms with Crippen LogP contribution in [0.5, 0.6) is 0 Å². The zero-order valence-electron chi connectivity index (χ0n) is 9.16. The molecule has 1 saturated heterocycles. The molecule has 0 aromatic carbocycles. The Hall–Kier alpha value is -0.450. The van der Waals surface area contributed by atoms with E-state index in [1.807, 2.05) is 7.05 Å². The number of nitrogens with one attached hydrogen (secondary N) is 1. The number of aromatic nitrogens is 1. The first-order chi connectivity index (χ1) is 7.40. The summed E-state index contributed by atoms with van der Waals surface area (Å²) in [6.07, 6.45) is 3.44. The average Bonchev–Trinajstić information content (AvgIpc) is 2.76. The quantitative estimate of drug-likeness (QED) is 0.850. The molecule has 0 amide bonds. The van der Waals surface area contributed by atoms with Crippen molar-refractivity contribution in [2.24, 2.45) is 0 Å². The SMILES string of the molecule is CNCCc1csc(C2CCCOC2)n1. The topological polar surface area (TPSA) is 34.1 Å². The highest BCUT2D eigenvalue weighted by Gasteiger charge is 2.18. The molecule has 1 N–H and O–H groups in total. The van der Waals surface area contributed by atoms with Gasteiger partial charge in [-0.05, 0) is 19.9 Å². The second kappa shape index (κ2) is 5.58. The largest absolute Gasteiger partial charge is 0.381 e. The maximum absolute atomic E-state index is 5.48. The Kier molecular flexibility index (Phi) is 4.11. The summed E-state index contributed by atoms with van der Waals surface area (Å²) in [6, 6.07) is 0. The van der Waals surface area contributed by atoms with Gasteiger partial charge in [0.05, 0.1) is 17.3 Å². The molecule has 1 aliphatic heterocycles. The van der Waals surface area contributed by atoms with Crippen molar-refractivity contribution >= 4 is 11.3 Å². The van der Waals surface area contributed by atoms with Crippen LogP contribution < -0.4 is 5.32 Å². The summed E-state index contributed by atoms with van der Waals surface area (Å²) in [6.45, 7) is 2.79. The Morgan fingerprint density at radius 1 is 1.67 bits per heavy atom. The van der Waals surface area contributed by atoms with E-state index >= 15 is 0 Å². The Bertz CT molecular complexity index is 295. The van der Waals surface area contributed by atoms with Gasteiger partial charge in [0.1, 0.15) is 0 Å². The molecule has 1 unspecified atom stereocenters. The molecule has 1 fully saturated rings. The molecular weight excluding hydrogens is 208 g/mol. The van der Waals surface area contributed by atoms with Crippen LogP contribution in [0.3, 0.4) is 0 Å². The fraction of sp³-hybridized carbons (Fsp3) is 0.727. The van der Waals surface area contributed by atoms with Crippen molar-refractivity contribution in [3.63, 3.8) is 0 Å². The van der Waals surface area contributed by atoms with E-state index in [0.717, 1.165) is 26.2 Å². The molecule has 1 atom stereocenters. The maximum atomic E-state index is 5.48. The van der Waals surface area contributed by atoms with Gasteiger partial charge in [0.15, 0.2) is 0 Å². The molecule has 0 saturated carbocycles. The minimum absolute atomic E-state index is 0.548. The van der Waals surface area contributed by atoms with Gasteiger partial charge >= 0.3 is 0 Å². The van der Waals surface area contributed by atoms with E-state index < -0.39 is 0 Å². The van der Waals surface area contributed by atoms with Gasteiger partial charge in [-0.1, -0.05) is 0 Å². The first-order valence-electron chi connectivity index (χ1n) is 5.57. The number of ether oxygens (including phenoxy) is 1. The van der Waals surface area contributed by atoms with Crippen molar-refractivity contribution in [1.29, 1.82) is 0 Å². The van der Waals surface area contributed by atoms with Gasteiger partial charge < -0.3 is 10.1 Å². The van der Waals surface area contributed by atoms with Crippen LogP contribution in [-0.2, 0) is 11.2 Å². The third-order valence-corrected chi connectivity index (χ3v) is 3.77. The van der Waals surface area contributed by atoms with E-state index in [2.05, 4.69) is 15.7 Å². The molecule has 2 heterocycles. The third kappa shape index (κ3) is 3.00. The molecule has 4 heteroatoms. The predicted molar refractivity (Wildman–Crippen MR) is 62.5 cm³/mol. The van der Waals surface area contributed by atoms with E-state index in [0.29, 0.717) is 5.92 Å². The normalized spacial score (nSPS) is 21.8. The molecule has 1 aromatic heterocycles. The van der Waals surface area contributed by atoms with Gasteiger partial charge in [-0.25, -0.2) is 4.98 Å². The minimum atomic E-state index is 0.548. The van der Waals surface area contributed by atoms with Crippen LogP contribution in [-0.4, -0.2) is 31.8 Å². The monoisotopic (exact) mass is 226 g/mol. The molecule has 0 radical (unpaired) electrons. The standard InChI is InChI=1S/C11H18N2OS/c1-12-5-4-10-8-15-11(13-10)9-3-2-6-14-7-9/h8-9,12H,2-7H2,1H3. The number of likely N-dealkylation sites (N-methyl/N-ethyl adjacent to an activating group) is 1. The van der Waals surface area contributed by atoms with E-state index in [1.165, 1.54) is 23.5 Å². The van der Waals surface area contributed by atoms with E-state index in [4.69, 9.17) is 4.74 Å². The van der Waals surface area contributed by atoms with Crippen LogP contribution >= 0.6 is 11.3 Å². The second-order valence-corrected chi connectivity index (χ2v) is 4.83. The molecule has 0 spiro atoms. The molecule has 3 nitrogen and oxygen atoms in total. The molecule has 84 valence electrons. The fourth-order valence-electron chi connectivity index (χ4n) is 1.81. The Balaban J connectivity index is 1.93. The summed E-state index contributed by atoms with van der Waals surface area (Å²) in [4.78, 5) is 4.67. The summed E-state index contributed by atoms with van der Waals surface area (Å²) in [5, 5.41) is 6.59. The lowest BCUT2D eigenvalue weighted by atomic mass is 10.0. The summed E-state index contributed by atoms with van der Waals surface area (Å²) in [5.41, 5.74) is 1.22. The summed E-state index contributed by atoms with van der Waals surface area (Å²) in [5.74, 6) is 0.548. The maximum Gasteiger partial charge on any atom is 0.0982 e. The van der Waals surface area contributed by atoms with Gasteiger partial charge in [-0.3, -0.25) is 0 Å².